The van der Waals surface area contributed by atoms with Crippen LogP contribution in [0.4, 0.5) is 11.4 Å². The summed E-state index contributed by atoms with van der Waals surface area (Å²) in [4.78, 5) is 25.1. The molecule has 1 N–H and O–H groups in total. The average Bonchev–Trinajstić information content (AvgIpc) is 2.60. The van der Waals surface area contributed by atoms with E-state index in [2.05, 4.69) is 11.4 Å². The fraction of sp³-hybridized carbons (Fsp3) is 0.235. The van der Waals surface area contributed by atoms with Gasteiger partial charge in [0.2, 0.25) is 0 Å². The first-order valence-electron chi connectivity index (χ1n) is 7.42. The molecule has 6 heteroatoms. The number of nitro groups is 1. The van der Waals surface area contributed by atoms with E-state index < -0.39 is 4.92 Å². The summed E-state index contributed by atoms with van der Waals surface area (Å²) in [6.45, 7) is 1.14. The Kier molecular flexibility index (Phi) is 3.97. The number of fused-ring (bicyclic) bond motifs is 1. The van der Waals surface area contributed by atoms with Crippen molar-refractivity contribution in [2.75, 3.05) is 18.9 Å². The van der Waals surface area contributed by atoms with Crippen molar-refractivity contribution in [3.05, 3.63) is 69.3 Å². The SMILES string of the molecule is CNc1ccc([N+](=O)[O-])cc1C(=O)N1CCc2ccccc2C1. The van der Waals surface area contributed by atoms with Crippen LogP contribution in [0.25, 0.3) is 0 Å². The number of hydrogen-bond donors (Lipinski definition) is 1. The van der Waals surface area contributed by atoms with E-state index in [1.807, 2.05) is 18.2 Å². The number of nitrogens with one attached hydrogen (secondary N) is 1. The van der Waals surface area contributed by atoms with Crippen molar-refractivity contribution >= 4 is 17.3 Å². The molecule has 1 amide bonds. The fourth-order valence-electron chi connectivity index (χ4n) is 2.88. The van der Waals surface area contributed by atoms with Crippen molar-refractivity contribution in [3.63, 3.8) is 0 Å². The smallest absolute Gasteiger partial charge is 0.270 e. The Morgan fingerprint density at radius 3 is 2.65 bits per heavy atom. The molecule has 0 saturated heterocycles. The van der Waals surface area contributed by atoms with E-state index >= 15 is 0 Å². The maximum Gasteiger partial charge on any atom is 0.270 e. The van der Waals surface area contributed by atoms with Crippen LogP contribution in [-0.2, 0) is 13.0 Å². The number of hydrogen-bond acceptors (Lipinski definition) is 4. The van der Waals surface area contributed by atoms with Gasteiger partial charge in [-0.3, -0.25) is 14.9 Å². The van der Waals surface area contributed by atoms with Crippen LogP contribution < -0.4 is 5.32 Å². The van der Waals surface area contributed by atoms with Crippen LogP contribution >= 0.6 is 0 Å². The summed E-state index contributed by atoms with van der Waals surface area (Å²) in [5.41, 5.74) is 3.23. The molecule has 0 unspecified atom stereocenters. The topological polar surface area (TPSA) is 75.5 Å². The molecule has 118 valence electrons. The molecule has 2 aromatic carbocycles. The van der Waals surface area contributed by atoms with Crippen LogP contribution in [0.2, 0.25) is 0 Å². The lowest BCUT2D eigenvalue weighted by molar-refractivity contribution is -0.384. The number of anilines is 1. The molecular weight excluding hydrogens is 294 g/mol. The minimum absolute atomic E-state index is 0.0789. The van der Waals surface area contributed by atoms with Gasteiger partial charge in [0.1, 0.15) is 0 Å². The first-order valence-corrected chi connectivity index (χ1v) is 7.42. The van der Waals surface area contributed by atoms with Crippen molar-refractivity contribution in [3.8, 4) is 0 Å². The molecule has 3 rings (SSSR count). The Labute approximate surface area is 133 Å². The lowest BCUT2D eigenvalue weighted by atomic mass is 9.99. The highest BCUT2D eigenvalue weighted by atomic mass is 16.6. The van der Waals surface area contributed by atoms with Crippen LogP contribution in [-0.4, -0.2) is 29.3 Å². The van der Waals surface area contributed by atoms with Crippen LogP contribution in [0, 0.1) is 10.1 Å². The number of carbonyl (C=O) groups excluding carboxylic acids is 1. The molecular formula is C17H17N3O3. The molecule has 0 radical (unpaired) electrons. The maximum atomic E-state index is 12.8. The third kappa shape index (κ3) is 2.88. The summed E-state index contributed by atoms with van der Waals surface area (Å²) in [6.07, 6.45) is 0.797. The lowest BCUT2D eigenvalue weighted by Gasteiger charge is -2.29. The van der Waals surface area contributed by atoms with E-state index in [1.165, 1.54) is 17.7 Å². The largest absolute Gasteiger partial charge is 0.387 e. The van der Waals surface area contributed by atoms with Gasteiger partial charge in [-0.1, -0.05) is 24.3 Å². The van der Waals surface area contributed by atoms with Gasteiger partial charge in [0.25, 0.3) is 11.6 Å². The van der Waals surface area contributed by atoms with Gasteiger partial charge in [0.05, 0.1) is 10.5 Å². The molecule has 6 nitrogen and oxygen atoms in total. The summed E-state index contributed by atoms with van der Waals surface area (Å²) >= 11 is 0. The summed E-state index contributed by atoms with van der Waals surface area (Å²) in [5.74, 6) is -0.187. The minimum atomic E-state index is -0.484. The first-order chi connectivity index (χ1) is 11.1. The Hall–Kier alpha value is -2.89. The maximum absolute atomic E-state index is 12.8. The molecule has 0 fully saturated rings. The van der Waals surface area contributed by atoms with Gasteiger partial charge in [0.15, 0.2) is 0 Å². The molecule has 0 bridgehead atoms. The minimum Gasteiger partial charge on any atom is -0.387 e. The number of carbonyl (C=O) groups is 1. The molecule has 1 aliphatic rings. The zero-order valence-corrected chi connectivity index (χ0v) is 12.8. The van der Waals surface area contributed by atoms with E-state index in [1.54, 1.807) is 18.0 Å². The van der Waals surface area contributed by atoms with Crippen LogP contribution in [0.5, 0.6) is 0 Å². The van der Waals surface area contributed by atoms with E-state index in [0.717, 1.165) is 12.0 Å². The second-order valence-corrected chi connectivity index (χ2v) is 5.48. The second kappa shape index (κ2) is 6.08. The average molecular weight is 311 g/mol. The quantitative estimate of drug-likeness (QED) is 0.698. The molecule has 0 aliphatic carbocycles. The van der Waals surface area contributed by atoms with E-state index in [-0.39, 0.29) is 11.6 Å². The number of non-ortho nitro benzene ring substituents is 1. The van der Waals surface area contributed by atoms with Crippen molar-refractivity contribution in [1.82, 2.24) is 4.90 Å². The molecule has 1 aliphatic heterocycles. The number of amides is 1. The second-order valence-electron chi connectivity index (χ2n) is 5.48. The van der Waals surface area contributed by atoms with Gasteiger partial charge >= 0.3 is 0 Å². The van der Waals surface area contributed by atoms with Gasteiger partial charge in [-0.05, 0) is 23.6 Å². The normalized spacial score (nSPS) is 13.3. The summed E-state index contributed by atoms with van der Waals surface area (Å²) in [5, 5.41) is 13.9. The third-order valence-electron chi connectivity index (χ3n) is 4.13. The standard InChI is InChI=1S/C17H17N3O3/c1-18-16-7-6-14(20(22)23)10-15(16)17(21)19-9-8-12-4-2-3-5-13(12)11-19/h2-7,10,18H,8-9,11H2,1H3. The summed E-state index contributed by atoms with van der Waals surface area (Å²) in [7, 11) is 1.70. The van der Waals surface area contributed by atoms with Gasteiger partial charge < -0.3 is 10.2 Å². The first kappa shape index (κ1) is 15.0. The zero-order chi connectivity index (χ0) is 16.4. The molecule has 2 aromatic rings. The highest BCUT2D eigenvalue weighted by Gasteiger charge is 2.24. The van der Waals surface area contributed by atoms with E-state index in [4.69, 9.17) is 0 Å². The van der Waals surface area contributed by atoms with Crippen molar-refractivity contribution < 1.29 is 9.72 Å². The van der Waals surface area contributed by atoms with Crippen LogP contribution in [0.1, 0.15) is 21.5 Å². The van der Waals surface area contributed by atoms with E-state index in [0.29, 0.717) is 24.3 Å². The Bertz CT molecular complexity index is 773. The van der Waals surface area contributed by atoms with Gasteiger partial charge in [0, 0.05) is 38.0 Å². The molecule has 0 spiro atoms. The highest BCUT2D eigenvalue weighted by molar-refractivity contribution is 6.00. The van der Waals surface area contributed by atoms with Crippen molar-refractivity contribution in [1.29, 1.82) is 0 Å². The van der Waals surface area contributed by atoms with Gasteiger partial charge in [-0.15, -0.1) is 0 Å². The Morgan fingerprint density at radius 1 is 1.22 bits per heavy atom. The Morgan fingerprint density at radius 2 is 1.96 bits per heavy atom. The summed E-state index contributed by atoms with van der Waals surface area (Å²) < 4.78 is 0. The zero-order valence-electron chi connectivity index (χ0n) is 12.8. The number of rotatable bonds is 3. The Balaban J connectivity index is 1.92. The van der Waals surface area contributed by atoms with E-state index in [9.17, 15) is 14.9 Å². The number of benzene rings is 2. The highest BCUT2D eigenvalue weighted by Crippen LogP contribution is 2.26. The molecule has 0 saturated carbocycles. The fourth-order valence-corrected chi connectivity index (χ4v) is 2.88. The molecule has 1 heterocycles. The lowest BCUT2D eigenvalue weighted by Crippen LogP contribution is -2.36. The number of nitrogens with zero attached hydrogens (tertiary/aromatic N) is 2. The van der Waals surface area contributed by atoms with Gasteiger partial charge in [-0.2, -0.15) is 0 Å². The molecule has 0 atom stereocenters. The van der Waals surface area contributed by atoms with Gasteiger partial charge in [-0.25, -0.2) is 0 Å². The summed E-state index contributed by atoms with van der Waals surface area (Å²) in [6, 6.07) is 12.4. The molecule has 0 aromatic heterocycles. The predicted octanol–water partition coefficient (Wildman–Crippen LogP) is 2.84. The monoisotopic (exact) mass is 311 g/mol. The van der Waals surface area contributed by atoms with Crippen molar-refractivity contribution in [2.24, 2.45) is 0 Å². The predicted molar refractivity (Wildman–Crippen MR) is 87.5 cm³/mol. The number of nitro benzene ring substituents is 1. The molecule has 23 heavy (non-hydrogen) atoms. The van der Waals surface area contributed by atoms with Crippen molar-refractivity contribution in [2.45, 2.75) is 13.0 Å². The van der Waals surface area contributed by atoms with Crippen LogP contribution in [0.15, 0.2) is 42.5 Å². The third-order valence-corrected chi connectivity index (χ3v) is 4.13. The van der Waals surface area contributed by atoms with Crippen LogP contribution in [0.3, 0.4) is 0 Å².